The van der Waals surface area contributed by atoms with Gasteiger partial charge in [0.25, 0.3) is 5.69 Å². The average molecular weight is 221 g/mol. The minimum atomic E-state index is -0.729. The molecule has 82 valence electrons. The summed E-state index contributed by atoms with van der Waals surface area (Å²) in [6.45, 7) is 0. The molecule has 0 heterocycles. The molecule has 2 rings (SSSR count). The third kappa shape index (κ3) is 1.46. The molecule has 2 aromatic rings. The summed E-state index contributed by atoms with van der Waals surface area (Å²) in [5.74, 6) is -0.700. The number of non-ortho nitro benzene ring substituents is 1. The molecule has 16 heavy (non-hydrogen) atoms. The second-order valence-corrected chi connectivity index (χ2v) is 3.21. The van der Waals surface area contributed by atoms with Crippen molar-refractivity contribution in [2.45, 2.75) is 0 Å². The van der Waals surface area contributed by atoms with Gasteiger partial charge in [-0.3, -0.25) is 10.1 Å². The molecule has 0 aliphatic carbocycles. The largest absolute Gasteiger partial charge is 0.493 e. The van der Waals surface area contributed by atoms with E-state index >= 15 is 0 Å². The van der Waals surface area contributed by atoms with E-state index in [0.717, 1.165) is 6.07 Å². The van der Waals surface area contributed by atoms with E-state index in [1.54, 1.807) is 24.3 Å². The van der Waals surface area contributed by atoms with Gasteiger partial charge in [-0.15, -0.1) is 0 Å². The fourth-order valence-corrected chi connectivity index (χ4v) is 1.65. The maximum Gasteiger partial charge on any atom is 0.280 e. The molecule has 0 saturated heterocycles. The van der Waals surface area contributed by atoms with Gasteiger partial charge in [-0.2, -0.15) is 0 Å². The van der Waals surface area contributed by atoms with Gasteiger partial charge in [0, 0.05) is 5.39 Å². The highest BCUT2D eigenvalue weighted by Gasteiger charge is 2.18. The third-order valence-electron chi connectivity index (χ3n) is 2.33. The van der Waals surface area contributed by atoms with Crippen LogP contribution in [0.4, 0.5) is 10.1 Å². The Labute approximate surface area is 90.4 Å². The number of nitro benzene ring substituents is 1. The summed E-state index contributed by atoms with van der Waals surface area (Å²) in [7, 11) is 1.33. The van der Waals surface area contributed by atoms with Crippen LogP contribution in [0, 0.1) is 15.9 Å². The lowest BCUT2D eigenvalue weighted by molar-refractivity contribution is -0.383. The van der Waals surface area contributed by atoms with E-state index < -0.39 is 10.7 Å². The van der Waals surface area contributed by atoms with Crippen molar-refractivity contribution in [2.24, 2.45) is 0 Å². The lowest BCUT2D eigenvalue weighted by Gasteiger charge is -2.06. The smallest absolute Gasteiger partial charge is 0.280 e. The van der Waals surface area contributed by atoms with Crippen molar-refractivity contribution in [3.8, 4) is 5.75 Å². The van der Waals surface area contributed by atoms with Crippen LogP contribution in [0.5, 0.6) is 5.75 Å². The number of methoxy groups -OCH3 is 1. The van der Waals surface area contributed by atoms with Gasteiger partial charge in [0.1, 0.15) is 0 Å². The molecular formula is C11H8FNO3. The Morgan fingerprint density at radius 3 is 2.50 bits per heavy atom. The summed E-state index contributed by atoms with van der Waals surface area (Å²) in [6, 6.07) is 7.36. The van der Waals surface area contributed by atoms with Gasteiger partial charge in [-0.1, -0.05) is 18.2 Å². The van der Waals surface area contributed by atoms with Crippen molar-refractivity contribution < 1.29 is 14.1 Å². The first-order valence-electron chi connectivity index (χ1n) is 4.54. The number of hydrogen-bond acceptors (Lipinski definition) is 3. The molecule has 0 atom stereocenters. The maximum atomic E-state index is 13.5. The first-order chi connectivity index (χ1) is 7.65. The fraction of sp³-hybridized carbons (Fsp3) is 0.0909. The molecule has 0 amide bonds. The number of halogens is 1. The van der Waals surface area contributed by atoms with Crippen LogP contribution >= 0.6 is 0 Å². The van der Waals surface area contributed by atoms with Crippen molar-refractivity contribution in [1.29, 1.82) is 0 Å². The maximum absolute atomic E-state index is 13.5. The first kappa shape index (κ1) is 10.4. The summed E-state index contributed by atoms with van der Waals surface area (Å²) in [5, 5.41) is 11.5. The fourth-order valence-electron chi connectivity index (χ4n) is 1.65. The van der Waals surface area contributed by atoms with Gasteiger partial charge in [-0.25, -0.2) is 4.39 Å². The van der Waals surface area contributed by atoms with E-state index in [1.807, 2.05) is 0 Å². The number of benzene rings is 2. The number of ether oxygens (including phenoxy) is 1. The normalized spacial score (nSPS) is 10.4. The standard InChI is InChI=1S/C11H8FNO3/c1-16-11-8-5-3-2-4-7(8)10(13(14)15)6-9(11)12/h2-6H,1H3. The molecular weight excluding hydrogens is 213 g/mol. The van der Waals surface area contributed by atoms with Gasteiger partial charge in [0.05, 0.1) is 23.5 Å². The van der Waals surface area contributed by atoms with Crippen LogP contribution in [0.15, 0.2) is 30.3 Å². The summed E-state index contributed by atoms with van der Waals surface area (Å²) < 4.78 is 18.4. The van der Waals surface area contributed by atoms with Crippen LogP contribution in [0.25, 0.3) is 10.8 Å². The van der Waals surface area contributed by atoms with Crippen LogP contribution in [-0.2, 0) is 0 Å². The molecule has 0 saturated carbocycles. The van der Waals surface area contributed by atoms with Crippen LogP contribution in [0.3, 0.4) is 0 Å². The van der Waals surface area contributed by atoms with E-state index in [0.29, 0.717) is 10.8 Å². The molecule has 0 spiro atoms. The zero-order valence-electron chi connectivity index (χ0n) is 8.44. The molecule has 0 bridgehead atoms. The molecule has 0 N–H and O–H groups in total. The lowest BCUT2D eigenvalue weighted by Crippen LogP contribution is -1.95. The highest BCUT2D eigenvalue weighted by atomic mass is 19.1. The van der Waals surface area contributed by atoms with Crippen LogP contribution in [-0.4, -0.2) is 12.0 Å². The number of rotatable bonds is 2. The monoisotopic (exact) mass is 221 g/mol. The number of nitrogens with zero attached hydrogens (tertiary/aromatic N) is 1. The summed E-state index contributed by atoms with van der Waals surface area (Å²) in [6.07, 6.45) is 0. The van der Waals surface area contributed by atoms with Gasteiger partial charge in [0.2, 0.25) is 0 Å². The summed E-state index contributed by atoms with van der Waals surface area (Å²) in [4.78, 5) is 10.2. The predicted molar refractivity (Wildman–Crippen MR) is 57.1 cm³/mol. The zero-order chi connectivity index (χ0) is 11.7. The molecule has 0 unspecified atom stereocenters. The number of nitro groups is 1. The molecule has 5 heteroatoms. The van der Waals surface area contributed by atoms with E-state index in [2.05, 4.69) is 0 Å². The van der Waals surface area contributed by atoms with Crippen molar-refractivity contribution in [1.82, 2.24) is 0 Å². The minimum Gasteiger partial charge on any atom is -0.493 e. The Morgan fingerprint density at radius 1 is 1.31 bits per heavy atom. The molecule has 0 aliphatic heterocycles. The predicted octanol–water partition coefficient (Wildman–Crippen LogP) is 2.90. The molecule has 0 radical (unpaired) electrons. The molecule has 0 fully saturated rings. The van der Waals surface area contributed by atoms with Gasteiger partial charge in [0.15, 0.2) is 11.6 Å². The minimum absolute atomic E-state index is 0.0289. The van der Waals surface area contributed by atoms with Crippen molar-refractivity contribution in [2.75, 3.05) is 7.11 Å². The Hall–Kier alpha value is -2.17. The van der Waals surface area contributed by atoms with E-state index in [-0.39, 0.29) is 11.4 Å². The van der Waals surface area contributed by atoms with Crippen molar-refractivity contribution in [3.05, 3.63) is 46.3 Å². The Bertz CT molecular complexity index is 568. The van der Waals surface area contributed by atoms with Crippen LogP contribution in [0.2, 0.25) is 0 Å². The highest BCUT2D eigenvalue weighted by molar-refractivity contribution is 5.95. The third-order valence-corrected chi connectivity index (χ3v) is 2.33. The highest BCUT2D eigenvalue weighted by Crippen LogP contribution is 2.35. The summed E-state index contributed by atoms with van der Waals surface area (Å²) in [5.41, 5.74) is -0.256. The zero-order valence-corrected chi connectivity index (χ0v) is 8.44. The van der Waals surface area contributed by atoms with Gasteiger partial charge in [-0.05, 0) is 6.07 Å². The first-order valence-corrected chi connectivity index (χ1v) is 4.54. The quantitative estimate of drug-likeness (QED) is 0.578. The van der Waals surface area contributed by atoms with Gasteiger partial charge < -0.3 is 4.74 Å². The average Bonchev–Trinajstić information content (AvgIpc) is 2.28. The van der Waals surface area contributed by atoms with Gasteiger partial charge >= 0.3 is 0 Å². The van der Waals surface area contributed by atoms with E-state index in [9.17, 15) is 14.5 Å². The molecule has 0 aromatic heterocycles. The Kier molecular flexibility index (Phi) is 2.44. The number of hydrogen-bond donors (Lipinski definition) is 0. The van der Waals surface area contributed by atoms with Crippen LogP contribution in [0.1, 0.15) is 0 Å². The second kappa shape index (κ2) is 3.77. The van der Waals surface area contributed by atoms with Crippen molar-refractivity contribution >= 4 is 16.5 Å². The molecule has 2 aromatic carbocycles. The Morgan fingerprint density at radius 2 is 1.94 bits per heavy atom. The van der Waals surface area contributed by atoms with E-state index in [1.165, 1.54) is 7.11 Å². The SMILES string of the molecule is COc1c(F)cc([N+](=O)[O-])c2ccccc12. The molecule has 4 nitrogen and oxygen atoms in total. The summed E-state index contributed by atoms with van der Waals surface area (Å²) >= 11 is 0. The van der Waals surface area contributed by atoms with Crippen molar-refractivity contribution in [3.63, 3.8) is 0 Å². The lowest BCUT2D eigenvalue weighted by atomic mass is 10.1. The number of fused-ring (bicyclic) bond motifs is 1. The second-order valence-electron chi connectivity index (χ2n) is 3.21. The Balaban J connectivity index is 2.91. The molecule has 0 aliphatic rings. The van der Waals surface area contributed by atoms with Crippen LogP contribution < -0.4 is 4.74 Å². The van der Waals surface area contributed by atoms with E-state index in [4.69, 9.17) is 4.74 Å². The topological polar surface area (TPSA) is 52.4 Å².